The molecule has 94 valence electrons. The Morgan fingerprint density at radius 1 is 1.50 bits per heavy atom. The number of nitrogens with zero attached hydrogens (tertiary/aromatic N) is 2. The summed E-state index contributed by atoms with van der Waals surface area (Å²) in [7, 11) is 1.68. The molecule has 0 atom stereocenters. The molecule has 0 spiro atoms. The van der Waals surface area contributed by atoms with Crippen LogP contribution in [0.3, 0.4) is 0 Å². The first kappa shape index (κ1) is 12.4. The zero-order valence-electron chi connectivity index (χ0n) is 10.1. The monoisotopic (exact) mass is 264 g/mol. The van der Waals surface area contributed by atoms with Crippen molar-refractivity contribution >= 4 is 29.0 Å². The second-order valence-electron chi connectivity index (χ2n) is 3.93. The molecule has 1 heterocycles. The Morgan fingerprint density at radius 2 is 2.22 bits per heavy atom. The van der Waals surface area contributed by atoms with Crippen molar-refractivity contribution in [1.29, 1.82) is 0 Å². The van der Waals surface area contributed by atoms with Crippen LogP contribution in [0.5, 0.6) is 0 Å². The summed E-state index contributed by atoms with van der Waals surface area (Å²) in [5.74, 6) is 0.0261. The quantitative estimate of drug-likeness (QED) is 0.873. The molecule has 1 aromatic carbocycles. The molecule has 1 aromatic heterocycles. The number of nitrogens with two attached hydrogens (primary N) is 1. The lowest BCUT2D eigenvalue weighted by molar-refractivity contribution is 0.102. The van der Waals surface area contributed by atoms with Crippen LogP contribution in [-0.4, -0.2) is 15.7 Å². The number of amides is 1. The van der Waals surface area contributed by atoms with Crippen LogP contribution in [0.4, 0.5) is 11.5 Å². The topological polar surface area (TPSA) is 72.9 Å². The summed E-state index contributed by atoms with van der Waals surface area (Å²) in [6.45, 7) is 1.84. The van der Waals surface area contributed by atoms with E-state index >= 15 is 0 Å². The average molecular weight is 265 g/mol. The van der Waals surface area contributed by atoms with Gasteiger partial charge in [0.2, 0.25) is 0 Å². The zero-order valence-corrected chi connectivity index (χ0v) is 10.8. The number of aryl methyl sites for hydroxylation is 1. The average Bonchev–Trinajstić information content (AvgIpc) is 2.66. The first-order chi connectivity index (χ1) is 8.50. The Balaban J connectivity index is 2.27. The molecule has 0 aliphatic carbocycles. The number of carbonyl (C=O) groups excluding carboxylic acids is 1. The smallest absolute Gasteiger partial charge is 0.261 e. The van der Waals surface area contributed by atoms with Gasteiger partial charge < -0.3 is 11.1 Å². The normalized spacial score (nSPS) is 10.4. The highest BCUT2D eigenvalue weighted by Crippen LogP contribution is 2.23. The number of rotatable bonds is 2. The summed E-state index contributed by atoms with van der Waals surface area (Å²) < 4.78 is 1.44. The first-order valence-electron chi connectivity index (χ1n) is 5.34. The van der Waals surface area contributed by atoms with Gasteiger partial charge in [0.1, 0.15) is 11.4 Å². The molecule has 2 aromatic rings. The Hall–Kier alpha value is -2.01. The molecule has 2 rings (SSSR count). The summed E-state index contributed by atoms with van der Waals surface area (Å²) in [6, 6.07) is 5.33. The van der Waals surface area contributed by atoms with Crippen LogP contribution in [0.15, 0.2) is 24.4 Å². The van der Waals surface area contributed by atoms with E-state index in [9.17, 15) is 4.79 Å². The number of nitrogen functional groups attached to an aromatic ring is 1. The standard InChI is InChI=1S/C12H13ClN4O/c1-7-9(13)4-3-5-10(7)16-12(18)8-6-15-17(2)11(8)14/h3-6H,14H2,1-2H3,(H,16,18). The Morgan fingerprint density at radius 3 is 2.83 bits per heavy atom. The van der Waals surface area contributed by atoms with Crippen LogP contribution >= 0.6 is 11.6 Å². The van der Waals surface area contributed by atoms with E-state index in [1.807, 2.05) is 6.92 Å². The molecule has 0 aliphatic heterocycles. The third-order valence-corrected chi connectivity index (χ3v) is 3.15. The van der Waals surface area contributed by atoms with Crippen LogP contribution < -0.4 is 11.1 Å². The third-order valence-electron chi connectivity index (χ3n) is 2.75. The predicted octanol–water partition coefficient (Wildman–Crippen LogP) is 2.22. The fourth-order valence-electron chi connectivity index (χ4n) is 1.55. The summed E-state index contributed by atoms with van der Waals surface area (Å²) in [5, 5.41) is 7.29. The van der Waals surface area contributed by atoms with E-state index in [1.165, 1.54) is 10.9 Å². The lowest BCUT2D eigenvalue weighted by atomic mass is 10.2. The maximum atomic E-state index is 12.0. The largest absolute Gasteiger partial charge is 0.383 e. The number of hydrogen-bond donors (Lipinski definition) is 2. The molecular weight excluding hydrogens is 252 g/mol. The molecule has 0 bridgehead atoms. The Labute approximate surface area is 110 Å². The number of halogens is 1. The first-order valence-corrected chi connectivity index (χ1v) is 5.72. The lowest BCUT2D eigenvalue weighted by Crippen LogP contribution is -2.14. The summed E-state index contributed by atoms with van der Waals surface area (Å²) in [4.78, 5) is 12.0. The number of hydrogen-bond acceptors (Lipinski definition) is 3. The van der Waals surface area contributed by atoms with Gasteiger partial charge in [-0.3, -0.25) is 9.48 Å². The fraction of sp³-hybridized carbons (Fsp3) is 0.167. The molecule has 0 radical (unpaired) electrons. The number of anilines is 2. The third kappa shape index (κ3) is 2.17. The molecule has 6 heteroatoms. The van der Waals surface area contributed by atoms with Gasteiger partial charge in [-0.2, -0.15) is 5.10 Å². The number of aromatic nitrogens is 2. The minimum absolute atomic E-state index is 0.300. The maximum Gasteiger partial charge on any atom is 0.261 e. The van der Waals surface area contributed by atoms with Gasteiger partial charge >= 0.3 is 0 Å². The van der Waals surface area contributed by atoms with Crippen LogP contribution in [0.25, 0.3) is 0 Å². The Kier molecular flexibility index (Phi) is 3.25. The van der Waals surface area contributed by atoms with Crippen molar-refractivity contribution in [2.75, 3.05) is 11.1 Å². The SMILES string of the molecule is Cc1c(Cl)cccc1NC(=O)c1cnn(C)c1N. The van der Waals surface area contributed by atoms with Crippen molar-refractivity contribution < 1.29 is 4.79 Å². The molecule has 18 heavy (non-hydrogen) atoms. The van der Waals surface area contributed by atoms with Gasteiger partial charge in [0.15, 0.2) is 0 Å². The highest BCUT2D eigenvalue weighted by molar-refractivity contribution is 6.31. The fourth-order valence-corrected chi connectivity index (χ4v) is 1.73. The molecule has 1 amide bonds. The van der Waals surface area contributed by atoms with E-state index in [-0.39, 0.29) is 5.91 Å². The molecule has 0 saturated heterocycles. The van der Waals surface area contributed by atoms with Crippen molar-refractivity contribution in [3.63, 3.8) is 0 Å². The van der Waals surface area contributed by atoms with Crippen molar-refractivity contribution in [3.8, 4) is 0 Å². The minimum Gasteiger partial charge on any atom is -0.383 e. The minimum atomic E-state index is -0.300. The van der Waals surface area contributed by atoms with Gasteiger partial charge in [-0.1, -0.05) is 17.7 Å². The highest BCUT2D eigenvalue weighted by atomic mass is 35.5. The number of nitrogens with one attached hydrogen (secondary N) is 1. The van der Waals surface area contributed by atoms with E-state index in [0.29, 0.717) is 22.1 Å². The van der Waals surface area contributed by atoms with Crippen LogP contribution in [-0.2, 0) is 7.05 Å². The molecular formula is C12H13ClN4O. The summed E-state index contributed by atoms with van der Waals surface area (Å²) in [5.41, 5.74) is 7.56. The molecule has 0 fully saturated rings. The van der Waals surface area contributed by atoms with Gasteiger partial charge in [-0.25, -0.2) is 0 Å². The van der Waals surface area contributed by atoms with Crippen molar-refractivity contribution in [1.82, 2.24) is 9.78 Å². The summed E-state index contributed by atoms with van der Waals surface area (Å²) in [6.07, 6.45) is 1.44. The molecule has 0 unspecified atom stereocenters. The predicted molar refractivity (Wildman–Crippen MR) is 71.8 cm³/mol. The zero-order chi connectivity index (χ0) is 13.3. The van der Waals surface area contributed by atoms with Crippen molar-refractivity contribution in [3.05, 3.63) is 40.5 Å². The molecule has 3 N–H and O–H groups in total. The van der Waals surface area contributed by atoms with Crippen molar-refractivity contribution in [2.45, 2.75) is 6.92 Å². The second-order valence-corrected chi connectivity index (χ2v) is 4.34. The van der Waals surface area contributed by atoms with Crippen molar-refractivity contribution in [2.24, 2.45) is 7.05 Å². The van der Waals surface area contributed by atoms with Gasteiger partial charge in [0.25, 0.3) is 5.91 Å². The van der Waals surface area contributed by atoms with E-state index in [2.05, 4.69) is 10.4 Å². The number of carbonyl (C=O) groups is 1. The Bertz CT molecular complexity index is 606. The lowest BCUT2D eigenvalue weighted by Gasteiger charge is -2.09. The molecule has 5 nitrogen and oxygen atoms in total. The van der Waals surface area contributed by atoms with Crippen LogP contribution in [0, 0.1) is 6.92 Å². The van der Waals surface area contributed by atoms with Gasteiger partial charge in [-0.15, -0.1) is 0 Å². The molecule has 0 aliphatic rings. The van der Waals surface area contributed by atoms with E-state index < -0.39 is 0 Å². The van der Waals surface area contributed by atoms with E-state index in [1.54, 1.807) is 25.2 Å². The van der Waals surface area contributed by atoms with Gasteiger partial charge in [0.05, 0.1) is 6.20 Å². The number of benzene rings is 1. The van der Waals surface area contributed by atoms with Crippen LogP contribution in [0.2, 0.25) is 5.02 Å². The maximum absolute atomic E-state index is 12.0. The van der Waals surface area contributed by atoms with Gasteiger partial charge in [0, 0.05) is 17.8 Å². The van der Waals surface area contributed by atoms with Gasteiger partial charge in [-0.05, 0) is 24.6 Å². The van der Waals surface area contributed by atoms with Crippen LogP contribution in [0.1, 0.15) is 15.9 Å². The second kappa shape index (κ2) is 4.70. The van der Waals surface area contributed by atoms with E-state index in [4.69, 9.17) is 17.3 Å². The van der Waals surface area contributed by atoms with E-state index in [0.717, 1.165) is 5.56 Å². The highest BCUT2D eigenvalue weighted by Gasteiger charge is 2.14. The molecule has 0 saturated carbocycles. The summed E-state index contributed by atoms with van der Waals surface area (Å²) >= 11 is 5.99.